The number of rotatable bonds is 2. The van der Waals surface area contributed by atoms with Crippen molar-refractivity contribution in [2.24, 2.45) is 0 Å². The van der Waals surface area contributed by atoms with Gasteiger partial charge in [-0.25, -0.2) is 0 Å². The summed E-state index contributed by atoms with van der Waals surface area (Å²) in [6, 6.07) is 3.00. The first-order valence-electron chi connectivity index (χ1n) is 3.20. The molecule has 7 nitrogen and oxygen atoms in total. The molecule has 0 atom stereocenters. The van der Waals surface area contributed by atoms with Gasteiger partial charge in [-0.05, 0) is 0 Å². The molecule has 1 rings (SSSR count). The number of non-ortho nitro benzene ring substituents is 1. The van der Waals surface area contributed by atoms with Crippen molar-refractivity contribution in [3.8, 4) is 0 Å². The fourth-order valence-electron chi connectivity index (χ4n) is 0.822. The fourth-order valence-corrected chi connectivity index (χ4v) is 0.822. The van der Waals surface area contributed by atoms with Crippen LogP contribution in [0.3, 0.4) is 0 Å². The Morgan fingerprint density at radius 2 is 1.77 bits per heavy atom. The summed E-state index contributed by atoms with van der Waals surface area (Å²) in [6.45, 7) is 0. The van der Waals surface area contributed by atoms with Crippen molar-refractivity contribution in [2.75, 3.05) is 5.73 Å². The molecule has 0 aliphatic carbocycles. The van der Waals surface area contributed by atoms with Crippen LogP contribution < -0.4 is 5.73 Å². The smallest absolute Gasteiger partial charge is 0.292 e. The predicted molar refractivity (Wildman–Crippen MR) is 44.2 cm³/mol. The zero-order valence-electron chi connectivity index (χ0n) is 6.34. The third-order valence-electron chi connectivity index (χ3n) is 1.42. The van der Waals surface area contributed by atoms with Crippen molar-refractivity contribution in [3.05, 3.63) is 38.4 Å². The second kappa shape index (κ2) is 3.05. The molecular formula is C6H5N3O4. The molecule has 13 heavy (non-hydrogen) atoms. The van der Waals surface area contributed by atoms with Crippen molar-refractivity contribution in [2.45, 2.75) is 0 Å². The summed E-state index contributed by atoms with van der Waals surface area (Å²) in [5, 5.41) is 20.5. The van der Waals surface area contributed by atoms with Gasteiger partial charge in [-0.15, -0.1) is 0 Å². The van der Waals surface area contributed by atoms with Crippen LogP contribution in [0, 0.1) is 20.2 Å². The minimum Gasteiger partial charge on any atom is -0.393 e. The lowest BCUT2D eigenvalue weighted by Gasteiger charge is -1.95. The van der Waals surface area contributed by atoms with E-state index in [0.717, 1.165) is 18.2 Å². The van der Waals surface area contributed by atoms with Gasteiger partial charge in [-0.1, -0.05) is 0 Å². The first-order chi connectivity index (χ1) is 6.02. The molecule has 0 heterocycles. The average Bonchev–Trinajstić information content (AvgIpc) is 2.03. The van der Waals surface area contributed by atoms with Crippen LogP contribution in [0.5, 0.6) is 0 Å². The molecule has 0 fully saturated rings. The van der Waals surface area contributed by atoms with Gasteiger partial charge in [0.2, 0.25) is 0 Å². The number of nitro groups is 2. The van der Waals surface area contributed by atoms with Crippen molar-refractivity contribution < 1.29 is 9.85 Å². The van der Waals surface area contributed by atoms with E-state index in [2.05, 4.69) is 0 Å². The number of benzene rings is 1. The summed E-state index contributed by atoms with van der Waals surface area (Å²) in [5.74, 6) is 0. The Kier molecular flexibility index (Phi) is 2.09. The summed E-state index contributed by atoms with van der Waals surface area (Å²) in [5.41, 5.74) is 4.42. The monoisotopic (exact) mass is 183 g/mol. The predicted octanol–water partition coefficient (Wildman–Crippen LogP) is 1.09. The van der Waals surface area contributed by atoms with Gasteiger partial charge < -0.3 is 5.73 Å². The minimum atomic E-state index is -0.695. The third kappa shape index (κ3) is 1.70. The molecule has 0 saturated heterocycles. The van der Waals surface area contributed by atoms with E-state index < -0.39 is 9.85 Å². The Bertz CT molecular complexity index is 376. The molecular weight excluding hydrogens is 178 g/mol. The van der Waals surface area contributed by atoms with Gasteiger partial charge in [0, 0.05) is 18.2 Å². The van der Waals surface area contributed by atoms with Crippen molar-refractivity contribution >= 4 is 17.1 Å². The molecule has 0 aromatic heterocycles. The van der Waals surface area contributed by atoms with Gasteiger partial charge in [-0.3, -0.25) is 20.2 Å². The number of nitro benzene ring substituents is 2. The van der Waals surface area contributed by atoms with Gasteiger partial charge in [-0.2, -0.15) is 0 Å². The Hall–Kier alpha value is -2.18. The van der Waals surface area contributed by atoms with E-state index in [9.17, 15) is 20.2 Å². The quantitative estimate of drug-likeness (QED) is 0.418. The van der Waals surface area contributed by atoms with Gasteiger partial charge >= 0.3 is 0 Å². The van der Waals surface area contributed by atoms with Crippen LogP contribution in [0.4, 0.5) is 17.1 Å². The highest BCUT2D eigenvalue weighted by molar-refractivity contribution is 5.62. The molecule has 0 spiro atoms. The number of hydrogen-bond acceptors (Lipinski definition) is 5. The lowest BCUT2D eigenvalue weighted by atomic mass is 10.2. The van der Waals surface area contributed by atoms with E-state index in [1.165, 1.54) is 0 Å². The molecule has 0 unspecified atom stereocenters. The Morgan fingerprint density at radius 1 is 1.15 bits per heavy atom. The average molecular weight is 183 g/mol. The second-order valence-electron chi connectivity index (χ2n) is 2.26. The summed E-state index contributed by atoms with van der Waals surface area (Å²) in [6.07, 6.45) is 0. The molecule has 0 aliphatic heterocycles. The zero-order chi connectivity index (χ0) is 10.0. The van der Waals surface area contributed by atoms with Crippen LogP contribution in [0.2, 0.25) is 0 Å². The number of hydrogen-bond donors (Lipinski definition) is 1. The highest BCUT2D eigenvalue weighted by Gasteiger charge is 2.15. The molecule has 1 aromatic carbocycles. The van der Waals surface area contributed by atoms with Crippen LogP contribution in [0.1, 0.15) is 0 Å². The van der Waals surface area contributed by atoms with E-state index in [4.69, 9.17) is 5.73 Å². The van der Waals surface area contributed by atoms with E-state index in [1.54, 1.807) is 0 Å². The second-order valence-corrected chi connectivity index (χ2v) is 2.26. The lowest BCUT2D eigenvalue weighted by molar-refractivity contribution is -0.388. The number of nitrogens with zero attached hydrogens (tertiary/aromatic N) is 2. The normalized spacial score (nSPS) is 9.54. The lowest BCUT2D eigenvalue weighted by Crippen LogP contribution is -1.97. The largest absolute Gasteiger partial charge is 0.393 e. The summed E-state index contributed by atoms with van der Waals surface area (Å²) >= 11 is 0. The highest BCUT2D eigenvalue weighted by Crippen LogP contribution is 2.25. The van der Waals surface area contributed by atoms with E-state index in [-0.39, 0.29) is 17.1 Å². The fraction of sp³-hybridized carbons (Fsp3) is 0. The molecule has 0 saturated carbocycles. The standard InChI is InChI=1S/C6H5N3O4/c7-5-3-4(8(10)11)1-2-6(5)9(12)13/h1-3H,7H2. The molecule has 0 aliphatic rings. The molecule has 0 amide bonds. The highest BCUT2D eigenvalue weighted by atomic mass is 16.6. The first kappa shape index (κ1) is 8.91. The maximum absolute atomic E-state index is 10.3. The molecule has 0 radical (unpaired) electrons. The summed E-state index contributed by atoms with van der Waals surface area (Å²) in [7, 11) is 0. The van der Waals surface area contributed by atoms with Crippen molar-refractivity contribution in [3.63, 3.8) is 0 Å². The number of anilines is 1. The zero-order valence-corrected chi connectivity index (χ0v) is 6.34. The Labute approximate surface area is 72.1 Å². The van der Waals surface area contributed by atoms with E-state index in [1.807, 2.05) is 0 Å². The molecule has 2 N–H and O–H groups in total. The maximum atomic E-state index is 10.3. The van der Waals surface area contributed by atoms with Crippen LogP contribution in [-0.2, 0) is 0 Å². The topological polar surface area (TPSA) is 112 Å². The van der Waals surface area contributed by atoms with Crippen molar-refractivity contribution in [1.29, 1.82) is 0 Å². The van der Waals surface area contributed by atoms with Crippen LogP contribution >= 0.6 is 0 Å². The third-order valence-corrected chi connectivity index (χ3v) is 1.42. The maximum Gasteiger partial charge on any atom is 0.292 e. The van der Waals surface area contributed by atoms with Crippen LogP contribution in [-0.4, -0.2) is 9.85 Å². The molecule has 7 heteroatoms. The number of nitrogen functional groups attached to an aromatic ring is 1. The van der Waals surface area contributed by atoms with Crippen LogP contribution in [0.25, 0.3) is 0 Å². The van der Waals surface area contributed by atoms with Gasteiger partial charge in [0.25, 0.3) is 11.4 Å². The molecule has 68 valence electrons. The molecule has 1 aromatic rings. The van der Waals surface area contributed by atoms with Crippen molar-refractivity contribution in [1.82, 2.24) is 0 Å². The Balaban J connectivity index is 3.20. The van der Waals surface area contributed by atoms with Gasteiger partial charge in [0.05, 0.1) is 9.85 Å². The summed E-state index contributed by atoms with van der Waals surface area (Å²) < 4.78 is 0. The van der Waals surface area contributed by atoms with E-state index in [0.29, 0.717) is 0 Å². The SMILES string of the molecule is Nc1cc([N+](=O)[O-])ccc1[N+](=O)[O-]. The Morgan fingerprint density at radius 3 is 2.15 bits per heavy atom. The first-order valence-corrected chi connectivity index (χ1v) is 3.20. The van der Waals surface area contributed by atoms with Gasteiger partial charge in [0.1, 0.15) is 5.69 Å². The summed E-state index contributed by atoms with van der Waals surface area (Å²) in [4.78, 5) is 19.1. The van der Waals surface area contributed by atoms with E-state index >= 15 is 0 Å². The number of nitrogens with two attached hydrogens (primary N) is 1. The molecule has 0 bridgehead atoms. The van der Waals surface area contributed by atoms with Gasteiger partial charge in [0.15, 0.2) is 0 Å². The minimum absolute atomic E-state index is 0.209. The van der Waals surface area contributed by atoms with Crippen LogP contribution in [0.15, 0.2) is 18.2 Å².